The van der Waals surface area contributed by atoms with Gasteiger partial charge in [0.15, 0.2) is 11.5 Å². The molecule has 1 aromatic carbocycles. The van der Waals surface area contributed by atoms with Crippen LogP contribution in [-0.4, -0.2) is 38.9 Å². The van der Waals surface area contributed by atoms with Crippen LogP contribution >= 0.6 is 0 Å². The number of hydrogen-bond donors (Lipinski definition) is 1. The number of nitrogens with one attached hydrogen (secondary N) is 1. The van der Waals surface area contributed by atoms with Crippen LogP contribution in [0.15, 0.2) is 42.9 Å². The van der Waals surface area contributed by atoms with E-state index in [0.717, 1.165) is 22.5 Å². The normalized spacial score (nSPS) is 11.1. The van der Waals surface area contributed by atoms with Crippen molar-refractivity contribution in [1.29, 1.82) is 0 Å². The Morgan fingerprint density at radius 1 is 1.11 bits per heavy atom. The first-order valence-corrected chi connectivity index (χ1v) is 5.94. The van der Waals surface area contributed by atoms with Gasteiger partial charge >= 0.3 is 0 Å². The third-order valence-electron chi connectivity index (χ3n) is 2.70. The second-order valence-corrected chi connectivity index (χ2v) is 4.36. The lowest BCUT2D eigenvalue weighted by Crippen LogP contribution is -2.20. The Morgan fingerprint density at radius 3 is 2.63 bits per heavy atom. The quantitative estimate of drug-likeness (QED) is 0.721. The van der Waals surface area contributed by atoms with Crippen LogP contribution in [0.4, 0.5) is 5.82 Å². The zero-order valence-corrected chi connectivity index (χ0v) is 10.8. The maximum Gasteiger partial charge on any atom is 0.168 e. The number of benzene rings is 1. The number of fused-ring (bicyclic) bond motifs is 1. The number of hydrazine groups is 1. The van der Waals surface area contributed by atoms with Crippen LogP contribution in [0, 0.1) is 0 Å². The fraction of sp³-hybridized carbons (Fsp3) is 0.154. The Balaban J connectivity index is 2.14. The molecule has 0 aliphatic carbocycles. The highest BCUT2D eigenvalue weighted by molar-refractivity contribution is 5.86. The number of hydrogen-bond acceptors (Lipinski definition) is 5. The smallest absolute Gasteiger partial charge is 0.168 e. The van der Waals surface area contributed by atoms with Crippen LogP contribution in [0.3, 0.4) is 0 Å². The first kappa shape index (κ1) is 11.6. The van der Waals surface area contributed by atoms with Gasteiger partial charge in [-0.1, -0.05) is 18.2 Å². The fourth-order valence-corrected chi connectivity index (χ4v) is 1.90. The van der Waals surface area contributed by atoms with Gasteiger partial charge in [0.2, 0.25) is 0 Å². The van der Waals surface area contributed by atoms with Crippen molar-refractivity contribution in [1.82, 2.24) is 24.8 Å². The van der Waals surface area contributed by atoms with Gasteiger partial charge < -0.3 is 5.43 Å². The zero-order valence-electron chi connectivity index (χ0n) is 10.8. The molecule has 19 heavy (non-hydrogen) atoms. The minimum Gasteiger partial charge on any atom is -0.303 e. The van der Waals surface area contributed by atoms with Crippen LogP contribution in [0.5, 0.6) is 0 Å². The summed E-state index contributed by atoms with van der Waals surface area (Å²) < 4.78 is 1.80. The Bertz CT molecular complexity index is 689. The van der Waals surface area contributed by atoms with E-state index in [4.69, 9.17) is 0 Å². The van der Waals surface area contributed by atoms with E-state index in [0.29, 0.717) is 0 Å². The minimum atomic E-state index is 0.747. The Kier molecular flexibility index (Phi) is 2.85. The van der Waals surface area contributed by atoms with E-state index in [1.54, 1.807) is 10.9 Å². The van der Waals surface area contributed by atoms with Crippen molar-refractivity contribution in [2.24, 2.45) is 0 Å². The summed E-state index contributed by atoms with van der Waals surface area (Å²) in [7, 11) is 3.82. The van der Waals surface area contributed by atoms with E-state index in [9.17, 15) is 0 Å². The molecule has 3 rings (SSSR count). The lowest BCUT2D eigenvalue weighted by atomic mass is 10.3. The summed E-state index contributed by atoms with van der Waals surface area (Å²) in [6, 6.07) is 9.91. The third kappa shape index (κ3) is 2.13. The molecule has 0 saturated heterocycles. The molecule has 2 heterocycles. The maximum absolute atomic E-state index is 4.39. The average molecular weight is 254 g/mol. The van der Waals surface area contributed by atoms with Crippen molar-refractivity contribution in [3.8, 4) is 5.69 Å². The summed E-state index contributed by atoms with van der Waals surface area (Å²) in [6.45, 7) is 0. The van der Waals surface area contributed by atoms with E-state index in [-0.39, 0.29) is 0 Å². The van der Waals surface area contributed by atoms with Gasteiger partial charge in [0.05, 0.1) is 17.3 Å². The Hall–Kier alpha value is -2.47. The number of nitrogens with zero attached hydrogens (tertiary/aromatic N) is 5. The zero-order chi connectivity index (χ0) is 13.2. The molecule has 1 N–H and O–H groups in total. The molecule has 2 aromatic heterocycles. The third-order valence-corrected chi connectivity index (χ3v) is 2.70. The van der Waals surface area contributed by atoms with Crippen LogP contribution in [0.1, 0.15) is 0 Å². The molecule has 96 valence electrons. The summed E-state index contributed by atoms with van der Waals surface area (Å²) in [5.41, 5.74) is 4.90. The molecule has 0 radical (unpaired) electrons. The van der Waals surface area contributed by atoms with E-state index in [1.165, 1.54) is 6.33 Å². The molecular weight excluding hydrogens is 240 g/mol. The summed E-state index contributed by atoms with van der Waals surface area (Å²) in [5, 5.41) is 7.11. The van der Waals surface area contributed by atoms with Gasteiger partial charge in [0, 0.05) is 14.1 Å². The SMILES string of the molecule is CN(C)Nc1ncnc2c1cnn2-c1ccccc1. The van der Waals surface area contributed by atoms with Crippen molar-refractivity contribution in [2.45, 2.75) is 0 Å². The molecule has 0 unspecified atom stereocenters. The summed E-state index contributed by atoms with van der Waals surface area (Å²) >= 11 is 0. The van der Waals surface area contributed by atoms with Crippen LogP contribution < -0.4 is 5.43 Å². The number of aromatic nitrogens is 4. The van der Waals surface area contributed by atoms with Crippen molar-refractivity contribution in [3.05, 3.63) is 42.9 Å². The van der Waals surface area contributed by atoms with Crippen LogP contribution in [0.25, 0.3) is 16.7 Å². The molecule has 0 aliphatic rings. The lowest BCUT2D eigenvalue weighted by molar-refractivity contribution is 0.493. The largest absolute Gasteiger partial charge is 0.303 e. The van der Waals surface area contributed by atoms with E-state index in [1.807, 2.05) is 49.4 Å². The highest BCUT2D eigenvalue weighted by Crippen LogP contribution is 2.21. The summed E-state index contributed by atoms with van der Waals surface area (Å²) in [4.78, 5) is 8.55. The van der Waals surface area contributed by atoms with Gasteiger partial charge in [-0.2, -0.15) is 5.10 Å². The monoisotopic (exact) mass is 254 g/mol. The van der Waals surface area contributed by atoms with Gasteiger partial charge in [0.1, 0.15) is 6.33 Å². The number of anilines is 1. The van der Waals surface area contributed by atoms with E-state index < -0.39 is 0 Å². The van der Waals surface area contributed by atoms with Crippen molar-refractivity contribution in [3.63, 3.8) is 0 Å². The number of rotatable bonds is 3. The molecule has 0 atom stereocenters. The minimum absolute atomic E-state index is 0.747. The van der Waals surface area contributed by atoms with Gasteiger partial charge in [-0.05, 0) is 12.1 Å². The molecule has 0 aliphatic heterocycles. The molecule has 0 amide bonds. The summed E-state index contributed by atoms with van der Waals surface area (Å²) in [6.07, 6.45) is 3.31. The van der Waals surface area contributed by atoms with Gasteiger partial charge in [-0.25, -0.2) is 19.7 Å². The van der Waals surface area contributed by atoms with Crippen LogP contribution in [-0.2, 0) is 0 Å². The second kappa shape index (κ2) is 4.66. The predicted octanol–water partition coefficient (Wildman–Crippen LogP) is 1.70. The number of para-hydroxylation sites is 1. The van der Waals surface area contributed by atoms with E-state index in [2.05, 4.69) is 20.5 Å². The molecular formula is C13H14N6. The second-order valence-electron chi connectivity index (χ2n) is 4.36. The summed E-state index contributed by atoms with van der Waals surface area (Å²) in [5.74, 6) is 0.747. The molecule has 0 bridgehead atoms. The molecule has 6 nitrogen and oxygen atoms in total. The van der Waals surface area contributed by atoms with E-state index >= 15 is 0 Å². The maximum atomic E-state index is 4.39. The molecule has 6 heteroatoms. The van der Waals surface area contributed by atoms with Gasteiger partial charge in [-0.3, -0.25) is 0 Å². The topological polar surface area (TPSA) is 58.9 Å². The molecule has 0 fully saturated rings. The molecule has 3 aromatic rings. The average Bonchev–Trinajstić information content (AvgIpc) is 2.84. The Morgan fingerprint density at radius 2 is 1.89 bits per heavy atom. The van der Waals surface area contributed by atoms with Crippen molar-refractivity contribution >= 4 is 16.9 Å². The molecule has 0 spiro atoms. The fourth-order valence-electron chi connectivity index (χ4n) is 1.90. The lowest BCUT2D eigenvalue weighted by Gasteiger charge is -2.12. The van der Waals surface area contributed by atoms with Crippen LogP contribution in [0.2, 0.25) is 0 Å². The predicted molar refractivity (Wildman–Crippen MR) is 74.0 cm³/mol. The molecule has 0 saturated carbocycles. The first-order chi connectivity index (χ1) is 9.25. The van der Waals surface area contributed by atoms with Gasteiger partial charge in [0.25, 0.3) is 0 Å². The standard InChI is InChI=1S/C13H14N6/c1-18(2)17-12-11-8-16-19(13(11)15-9-14-12)10-6-4-3-5-7-10/h3-9H,1-2H3,(H,14,15,17). The highest BCUT2D eigenvalue weighted by atomic mass is 15.5. The van der Waals surface area contributed by atoms with Crippen molar-refractivity contribution in [2.75, 3.05) is 19.5 Å². The highest BCUT2D eigenvalue weighted by Gasteiger charge is 2.10. The van der Waals surface area contributed by atoms with Crippen molar-refractivity contribution < 1.29 is 0 Å². The van der Waals surface area contributed by atoms with Gasteiger partial charge in [-0.15, -0.1) is 0 Å². The Labute approximate surface area is 110 Å². The first-order valence-electron chi connectivity index (χ1n) is 5.94.